The average Bonchev–Trinajstić information content (AvgIpc) is 2.40. The molecule has 1 aliphatic heterocycles. The zero-order chi connectivity index (χ0) is 14.0. The summed E-state index contributed by atoms with van der Waals surface area (Å²) in [6.07, 6.45) is 3.64. The van der Waals surface area contributed by atoms with Crippen molar-refractivity contribution < 1.29 is 4.79 Å². The molecule has 1 aromatic rings. The Labute approximate surface area is 120 Å². The number of ketones is 1. The van der Waals surface area contributed by atoms with Crippen LogP contribution >= 0.6 is 11.6 Å². The van der Waals surface area contributed by atoms with Crippen LogP contribution in [0.3, 0.4) is 0 Å². The predicted molar refractivity (Wildman–Crippen MR) is 81.3 cm³/mol. The number of carbonyl (C=O) groups excluding carboxylic acids is 1. The van der Waals surface area contributed by atoms with Crippen molar-refractivity contribution in [2.24, 2.45) is 5.41 Å². The van der Waals surface area contributed by atoms with Crippen molar-refractivity contribution in [3.8, 4) is 0 Å². The highest BCUT2D eigenvalue weighted by Gasteiger charge is 2.28. The lowest BCUT2D eigenvalue weighted by Crippen LogP contribution is -2.38. The molecular formula is C16H22ClNO. The first-order valence-electron chi connectivity index (χ1n) is 7.00. The summed E-state index contributed by atoms with van der Waals surface area (Å²) in [6, 6.07) is 5.64. The van der Waals surface area contributed by atoms with Gasteiger partial charge in [-0.15, -0.1) is 0 Å². The number of anilines is 1. The quantitative estimate of drug-likeness (QED) is 0.756. The maximum atomic E-state index is 11.3. The van der Waals surface area contributed by atoms with Gasteiger partial charge in [0.25, 0.3) is 0 Å². The smallest absolute Gasteiger partial charge is 0.159 e. The summed E-state index contributed by atoms with van der Waals surface area (Å²) in [5, 5.41) is 0.688. The van der Waals surface area contributed by atoms with Crippen molar-refractivity contribution in [2.45, 2.75) is 40.0 Å². The highest BCUT2D eigenvalue weighted by Crippen LogP contribution is 2.37. The van der Waals surface area contributed by atoms with Gasteiger partial charge < -0.3 is 4.90 Å². The topological polar surface area (TPSA) is 20.3 Å². The van der Waals surface area contributed by atoms with E-state index >= 15 is 0 Å². The lowest BCUT2D eigenvalue weighted by molar-refractivity contribution is 0.101. The molecule has 1 fully saturated rings. The van der Waals surface area contributed by atoms with Crippen LogP contribution in [0.1, 0.15) is 50.4 Å². The molecule has 0 saturated carbocycles. The number of Topliss-reactive ketones (excluding diaryl/α,β-unsaturated/α-hetero) is 1. The summed E-state index contributed by atoms with van der Waals surface area (Å²) >= 11 is 6.32. The van der Waals surface area contributed by atoms with Gasteiger partial charge in [0.1, 0.15) is 0 Å². The van der Waals surface area contributed by atoms with E-state index in [9.17, 15) is 4.79 Å². The Kier molecular flexibility index (Phi) is 4.19. The van der Waals surface area contributed by atoms with Crippen LogP contribution < -0.4 is 4.90 Å². The summed E-state index contributed by atoms with van der Waals surface area (Å²) in [4.78, 5) is 13.7. The zero-order valence-corrected chi connectivity index (χ0v) is 12.8. The summed E-state index contributed by atoms with van der Waals surface area (Å²) < 4.78 is 0. The van der Waals surface area contributed by atoms with E-state index in [2.05, 4.69) is 18.7 Å². The Morgan fingerprint density at radius 2 is 2.00 bits per heavy atom. The summed E-state index contributed by atoms with van der Waals surface area (Å²) in [5.41, 5.74) is 2.22. The maximum absolute atomic E-state index is 11.3. The molecule has 0 aromatic heterocycles. The second-order valence-electron chi connectivity index (χ2n) is 5.87. The van der Waals surface area contributed by atoms with E-state index < -0.39 is 0 Å². The molecule has 0 bridgehead atoms. The third-order valence-electron chi connectivity index (χ3n) is 4.52. The Morgan fingerprint density at radius 3 is 2.47 bits per heavy atom. The minimum atomic E-state index is 0.0608. The first kappa shape index (κ1) is 14.4. The number of benzene rings is 1. The van der Waals surface area contributed by atoms with Crippen LogP contribution in [0.5, 0.6) is 0 Å². The fraction of sp³-hybridized carbons (Fsp3) is 0.562. The van der Waals surface area contributed by atoms with E-state index in [1.54, 1.807) is 13.0 Å². The monoisotopic (exact) mass is 279 g/mol. The van der Waals surface area contributed by atoms with Crippen molar-refractivity contribution >= 4 is 23.1 Å². The molecule has 1 saturated heterocycles. The SMILES string of the molecule is CCC1(C)CCN(c2ccc(C(C)=O)cc2Cl)CC1. The summed E-state index contributed by atoms with van der Waals surface area (Å²) in [7, 11) is 0. The molecule has 104 valence electrons. The number of hydrogen-bond donors (Lipinski definition) is 0. The van der Waals surface area contributed by atoms with E-state index in [0.29, 0.717) is 16.0 Å². The lowest BCUT2D eigenvalue weighted by atomic mass is 9.78. The van der Waals surface area contributed by atoms with Crippen LogP contribution in [0.15, 0.2) is 18.2 Å². The van der Waals surface area contributed by atoms with Gasteiger partial charge in [-0.3, -0.25) is 4.79 Å². The molecule has 2 rings (SSSR count). The van der Waals surface area contributed by atoms with Crippen LogP contribution in [-0.4, -0.2) is 18.9 Å². The molecule has 0 aliphatic carbocycles. The summed E-state index contributed by atoms with van der Waals surface area (Å²) in [5.74, 6) is 0.0608. The molecule has 0 amide bonds. The largest absolute Gasteiger partial charge is 0.370 e. The first-order chi connectivity index (χ1) is 8.95. The van der Waals surface area contributed by atoms with Crippen LogP contribution in [-0.2, 0) is 0 Å². The lowest BCUT2D eigenvalue weighted by Gasteiger charge is -2.40. The number of carbonyl (C=O) groups is 1. The molecular weight excluding hydrogens is 258 g/mol. The van der Waals surface area contributed by atoms with Gasteiger partial charge in [-0.05, 0) is 43.4 Å². The molecule has 1 heterocycles. The average molecular weight is 280 g/mol. The van der Waals surface area contributed by atoms with Gasteiger partial charge in [-0.25, -0.2) is 0 Å². The Morgan fingerprint density at radius 1 is 1.37 bits per heavy atom. The van der Waals surface area contributed by atoms with Gasteiger partial charge in [0.05, 0.1) is 10.7 Å². The van der Waals surface area contributed by atoms with E-state index in [0.717, 1.165) is 18.8 Å². The number of nitrogens with zero attached hydrogens (tertiary/aromatic N) is 1. The first-order valence-corrected chi connectivity index (χ1v) is 7.38. The van der Waals surface area contributed by atoms with Crippen molar-refractivity contribution in [1.82, 2.24) is 0 Å². The standard InChI is InChI=1S/C16H22ClNO/c1-4-16(3)7-9-18(10-8-16)15-6-5-13(12(2)19)11-14(15)17/h5-6,11H,4,7-10H2,1-3H3. The molecule has 3 heteroatoms. The minimum absolute atomic E-state index is 0.0608. The highest BCUT2D eigenvalue weighted by molar-refractivity contribution is 6.33. The minimum Gasteiger partial charge on any atom is -0.370 e. The van der Waals surface area contributed by atoms with Crippen molar-refractivity contribution in [3.05, 3.63) is 28.8 Å². The summed E-state index contributed by atoms with van der Waals surface area (Å²) in [6.45, 7) is 8.29. The molecule has 1 aliphatic rings. The Hall–Kier alpha value is -1.02. The second kappa shape index (κ2) is 5.54. The number of piperidine rings is 1. The van der Waals surface area contributed by atoms with Crippen LogP contribution in [0.25, 0.3) is 0 Å². The molecule has 0 spiro atoms. The van der Waals surface area contributed by atoms with Crippen LogP contribution in [0.4, 0.5) is 5.69 Å². The molecule has 19 heavy (non-hydrogen) atoms. The Bertz CT molecular complexity index is 476. The number of rotatable bonds is 3. The van der Waals surface area contributed by atoms with Crippen molar-refractivity contribution in [3.63, 3.8) is 0 Å². The Balaban J connectivity index is 2.14. The molecule has 0 atom stereocenters. The van der Waals surface area contributed by atoms with Gasteiger partial charge in [-0.2, -0.15) is 0 Å². The fourth-order valence-corrected chi connectivity index (χ4v) is 2.92. The van der Waals surface area contributed by atoms with Gasteiger partial charge in [0.15, 0.2) is 5.78 Å². The van der Waals surface area contributed by atoms with E-state index in [-0.39, 0.29) is 5.78 Å². The third-order valence-corrected chi connectivity index (χ3v) is 4.82. The number of hydrogen-bond acceptors (Lipinski definition) is 2. The van der Waals surface area contributed by atoms with Gasteiger partial charge in [-0.1, -0.05) is 31.9 Å². The van der Waals surface area contributed by atoms with Crippen molar-refractivity contribution in [1.29, 1.82) is 0 Å². The van der Waals surface area contributed by atoms with Crippen molar-refractivity contribution in [2.75, 3.05) is 18.0 Å². The van der Waals surface area contributed by atoms with E-state index in [4.69, 9.17) is 11.6 Å². The predicted octanol–water partition coefficient (Wildman–Crippen LogP) is 4.56. The zero-order valence-electron chi connectivity index (χ0n) is 12.0. The van der Waals surface area contributed by atoms with Gasteiger partial charge in [0, 0.05) is 18.7 Å². The third kappa shape index (κ3) is 3.11. The van der Waals surface area contributed by atoms with Crippen LogP contribution in [0, 0.1) is 5.41 Å². The number of halogens is 1. The second-order valence-corrected chi connectivity index (χ2v) is 6.28. The van der Waals surface area contributed by atoms with E-state index in [1.165, 1.54) is 19.3 Å². The molecule has 0 unspecified atom stereocenters. The van der Waals surface area contributed by atoms with Gasteiger partial charge in [0.2, 0.25) is 0 Å². The normalized spacial score (nSPS) is 18.4. The van der Waals surface area contributed by atoms with E-state index in [1.807, 2.05) is 12.1 Å². The molecule has 0 radical (unpaired) electrons. The fourth-order valence-electron chi connectivity index (χ4n) is 2.62. The van der Waals surface area contributed by atoms with Crippen LogP contribution in [0.2, 0.25) is 5.02 Å². The maximum Gasteiger partial charge on any atom is 0.159 e. The van der Waals surface area contributed by atoms with Gasteiger partial charge >= 0.3 is 0 Å². The molecule has 1 aromatic carbocycles. The molecule has 0 N–H and O–H groups in total. The molecule has 2 nitrogen and oxygen atoms in total. The highest BCUT2D eigenvalue weighted by atomic mass is 35.5.